The fourth-order valence-electron chi connectivity index (χ4n) is 1.96. The minimum Gasteiger partial charge on any atom is -0.472 e. The lowest BCUT2D eigenvalue weighted by Crippen LogP contribution is -2.17. The Hall–Kier alpha value is -2.02. The van der Waals surface area contributed by atoms with Crippen LogP contribution in [0.2, 0.25) is 0 Å². The first-order chi connectivity index (χ1) is 9.29. The Morgan fingerprint density at radius 3 is 2.79 bits per heavy atom. The molecular formula is C16H17NO2. The summed E-state index contributed by atoms with van der Waals surface area (Å²) in [6, 6.07) is 9.97. The molecule has 0 aliphatic rings. The van der Waals surface area contributed by atoms with E-state index in [1.165, 1.54) is 0 Å². The summed E-state index contributed by atoms with van der Waals surface area (Å²) in [5.74, 6) is 5.68. The van der Waals surface area contributed by atoms with Crippen LogP contribution < -0.4 is 0 Å². The van der Waals surface area contributed by atoms with Crippen molar-refractivity contribution in [3.63, 3.8) is 0 Å². The highest BCUT2D eigenvalue weighted by atomic mass is 16.3. The summed E-state index contributed by atoms with van der Waals surface area (Å²) in [6.07, 6.45) is 3.44. The van der Waals surface area contributed by atoms with E-state index in [1.807, 2.05) is 24.3 Å². The van der Waals surface area contributed by atoms with Crippen molar-refractivity contribution >= 4 is 0 Å². The number of benzene rings is 1. The van der Waals surface area contributed by atoms with Crippen LogP contribution in [0.3, 0.4) is 0 Å². The molecule has 3 nitrogen and oxygen atoms in total. The summed E-state index contributed by atoms with van der Waals surface area (Å²) in [5.41, 5.74) is 3.28. The Kier molecular flexibility index (Phi) is 4.79. The maximum absolute atomic E-state index is 8.78. The van der Waals surface area contributed by atoms with Gasteiger partial charge in [0, 0.05) is 24.2 Å². The van der Waals surface area contributed by atoms with Gasteiger partial charge in [0.15, 0.2) is 0 Å². The summed E-state index contributed by atoms with van der Waals surface area (Å²) >= 11 is 0. The van der Waals surface area contributed by atoms with Gasteiger partial charge >= 0.3 is 0 Å². The molecule has 0 unspecified atom stereocenters. The van der Waals surface area contributed by atoms with Gasteiger partial charge in [-0.05, 0) is 24.7 Å². The van der Waals surface area contributed by atoms with Gasteiger partial charge in [-0.15, -0.1) is 0 Å². The Balaban J connectivity index is 2.06. The van der Waals surface area contributed by atoms with Crippen LogP contribution in [0.4, 0.5) is 0 Å². The van der Waals surface area contributed by atoms with E-state index in [-0.39, 0.29) is 6.61 Å². The van der Waals surface area contributed by atoms with Gasteiger partial charge in [-0.25, -0.2) is 0 Å². The zero-order valence-corrected chi connectivity index (χ0v) is 11.0. The van der Waals surface area contributed by atoms with Gasteiger partial charge in [-0.2, -0.15) is 0 Å². The highest BCUT2D eigenvalue weighted by Gasteiger charge is 2.05. The van der Waals surface area contributed by atoms with Crippen molar-refractivity contribution in [2.45, 2.75) is 13.1 Å². The van der Waals surface area contributed by atoms with Crippen LogP contribution in [0.1, 0.15) is 16.7 Å². The molecule has 0 aliphatic carbocycles. The zero-order valence-electron chi connectivity index (χ0n) is 11.0. The second kappa shape index (κ2) is 6.79. The number of furan rings is 1. The maximum atomic E-state index is 8.78. The third kappa shape index (κ3) is 3.99. The molecule has 0 spiro atoms. The van der Waals surface area contributed by atoms with Gasteiger partial charge in [0.25, 0.3) is 0 Å². The number of hydrogen-bond acceptors (Lipinski definition) is 3. The van der Waals surface area contributed by atoms with Crippen LogP contribution >= 0.6 is 0 Å². The Morgan fingerprint density at radius 2 is 2.05 bits per heavy atom. The van der Waals surface area contributed by atoms with Crippen LogP contribution in [0.5, 0.6) is 0 Å². The average Bonchev–Trinajstić information content (AvgIpc) is 2.90. The van der Waals surface area contributed by atoms with E-state index in [4.69, 9.17) is 9.52 Å². The topological polar surface area (TPSA) is 36.6 Å². The summed E-state index contributed by atoms with van der Waals surface area (Å²) in [6.45, 7) is 1.53. The van der Waals surface area contributed by atoms with Crippen molar-refractivity contribution in [2.75, 3.05) is 13.7 Å². The zero-order chi connectivity index (χ0) is 13.5. The molecule has 0 bridgehead atoms. The van der Waals surface area contributed by atoms with Gasteiger partial charge in [0.1, 0.15) is 6.61 Å². The molecule has 1 N–H and O–H groups in total. The van der Waals surface area contributed by atoms with Gasteiger partial charge in [-0.1, -0.05) is 30.0 Å². The lowest BCUT2D eigenvalue weighted by molar-refractivity contribution is 0.317. The summed E-state index contributed by atoms with van der Waals surface area (Å²) in [5, 5.41) is 8.78. The van der Waals surface area contributed by atoms with Crippen molar-refractivity contribution in [1.29, 1.82) is 0 Å². The van der Waals surface area contributed by atoms with Gasteiger partial charge in [-0.3, -0.25) is 4.90 Å². The lowest BCUT2D eigenvalue weighted by atomic mass is 10.1. The molecule has 1 aromatic carbocycles. The summed E-state index contributed by atoms with van der Waals surface area (Å²) in [4.78, 5) is 2.20. The first-order valence-corrected chi connectivity index (χ1v) is 6.17. The monoisotopic (exact) mass is 255 g/mol. The molecular weight excluding hydrogens is 238 g/mol. The molecule has 0 saturated heterocycles. The molecule has 0 fully saturated rings. The van der Waals surface area contributed by atoms with Crippen LogP contribution in [-0.4, -0.2) is 23.7 Å². The normalized spacial score (nSPS) is 10.3. The fraction of sp³-hybridized carbons (Fsp3) is 0.250. The molecule has 19 heavy (non-hydrogen) atoms. The van der Waals surface area contributed by atoms with Crippen LogP contribution in [-0.2, 0) is 13.1 Å². The predicted octanol–water partition coefficient (Wildman–Crippen LogP) is 2.26. The largest absolute Gasteiger partial charge is 0.472 e. The van der Waals surface area contributed by atoms with Crippen molar-refractivity contribution in [3.8, 4) is 11.8 Å². The van der Waals surface area contributed by atoms with Gasteiger partial charge in [0.05, 0.1) is 12.5 Å². The first-order valence-electron chi connectivity index (χ1n) is 6.17. The molecule has 3 heteroatoms. The van der Waals surface area contributed by atoms with Gasteiger partial charge in [0.2, 0.25) is 0 Å². The number of rotatable bonds is 4. The number of aliphatic hydroxyl groups excluding tert-OH is 1. The fourth-order valence-corrected chi connectivity index (χ4v) is 1.96. The maximum Gasteiger partial charge on any atom is 0.104 e. The minimum atomic E-state index is -0.112. The number of hydrogen-bond donors (Lipinski definition) is 1. The molecule has 2 aromatic rings. The second-order valence-corrected chi connectivity index (χ2v) is 4.42. The summed E-state index contributed by atoms with van der Waals surface area (Å²) in [7, 11) is 2.06. The molecule has 0 aliphatic heterocycles. The Bertz CT molecular complexity index is 564. The third-order valence-corrected chi connectivity index (χ3v) is 2.79. The van der Waals surface area contributed by atoms with E-state index < -0.39 is 0 Å². The first kappa shape index (κ1) is 13.4. The van der Waals surface area contributed by atoms with Crippen LogP contribution in [0.15, 0.2) is 47.3 Å². The second-order valence-electron chi connectivity index (χ2n) is 4.42. The van der Waals surface area contributed by atoms with E-state index in [0.717, 1.165) is 29.8 Å². The lowest BCUT2D eigenvalue weighted by Gasteiger charge is -2.16. The minimum absolute atomic E-state index is 0.112. The molecule has 0 radical (unpaired) electrons. The van der Waals surface area contributed by atoms with Crippen molar-refractivity contribution < 1.29 is 9.52 Å². The van der Waals surface area contributed by atoms with Crippen molar-refractivity contribution in [2.24, 2.45) is 0 Å². The SMILES string of the molecule is CN(Cc1ccoc1)Cc1ccccc1C#CCO. The Morgan fingerprint density at radius 1 is 1.21 bits per heavy atom. The van der Waals surface area contributed by atoms with E-state index in [0.29, 0.717) is 0 Å². The Labute approximate surface area is 113 Å². The molecule has 0 atom stereocenters. The summed E-state index contributed by atoms with van der Waals surface area (Å²) < 4.78 is 5.07. The van der Waals surface area contributed by atoms with Crippen molar-refractivity contribution in [3.05, 3.63) is 59.5 Å². The van der Waals surface area contributed by atoms with E-state index in [2.05, 4.69) is 29.9 Å². The smallest absolute Gasteiger partial charge is 0.104 e. The van der Waals surface area contributed by atoms with Crippen molar-refractivity contribution in [1.82, 2.24) is 4.90 Å². The third-order valence-electron chi connectivity index (χ3n) is 2.79. The molecule has 1 heterocycles. The molecule has 2 rings (SSSR count). The molecule has 0 saturated carbocycles. The predicted molar refractivity (Wildman–Crippen MR) is 74.3 cm³/mol. The van der Waals surface area contributed by atoms with Gasteiger partial charge < -0.3 is 9.52 Å². The molecule has 1 aromatic heterocycles. The van der Waals surface area contributed by atoms with Crippen LogP contribution in [0.25, 0.3) is 0 Å². The quantitative estimate of drug-likeness (QED) is 0.851. The van der Waals surface area contributed by atoms with E-state index >= 15 is 0 Å². The molecule has 98 valence electrons. The van der Waals surface area contributed by atoms with E-state index in [1.54, 1.807) is 12.5 Å². The average molecular weight is 255 g/mol. The van der Waals surface area contributed by atoms with E-state index in [9.17, 15) is 0 Å². The highest BCUT2D eigenvalue weighted by Crippen LogP contribution is 2.12. The standard InChI is InChI=1S/C16H17NO2/c1-17(11-14-8-10-19-13-14)12-16-6-3-2-5-15(16)7-4-9-18/h2-3,5-6,8,10,13,18H,9,11-12H2,1H3. The number of aliphatic hydroxyl groups is 1. The van der Waals surface area contributed by atoms with Crippen LogP contribution in [0, 0.1) is 11.8 Å². The molecule has 0 amide bonds. The number of nitrogens with zero attached hydrogens (tertiary/aromatic N) is 1. The highest BCUT2D eigenvalue weighted by molar-refractivity contribution is 5.41.